The maximum absolute atomic E-state index is 9.55. The van der Waals surface area contributed by atoms with Crippen molar-refractivity contribution in [3.8, 4) is 11.5 Å². The summed E-state index contributed by atoms with van der Waals surface area (Å²) in [6.07, 6.45) is 0.978. The number of benzene rings is 2. The summed E-state index contributed by atoms with van der Waals surface area (Å²) in [5.41, 5.74) is 10.7. The highest BCUT2D eigenvalue weighted by atomic mass is 16.5. The minimum atomic E-state index is 0.256. The normalized spacial score (nSPS) is 20.7. The Morgan fingerprint density at radius 1 is 1.24 bits per heavy atom. The molecule has 0 aliphatic carbocycles. The van der Waals surface area contributed by atoms with Crippen molar-refractivity contribution in [1.29, 1.82) is 0 Å². The first-order chi connectivity index (χ1) is 10.2. The third kappa shape index (κ3) is 2.03. The molecule has 3 N–H and O–H groups in total. The molecule has 0 amide bonds. The van der Waals surface area contributed by atoms with Crippen LogP contribution in [0.5, 0.6) is 11.5 Å². The standard InChI is InChI=1S/C17H18N2O2/c18-15-3-1-2-11-9-19(7-6-13(11)15)16-10-21-17-8-12(20)4-5-14(16)17/h1-5,8,16,20H,6-7,9-10,18H2. The van der Waals surface area contributed by atoms with Crippen LogP contribution in [-0.2, 0) is 13.0 Å². The van der Waals surface area contributed by atoms with Crippen molar-refractivity contribution < 1.29 is 9.84 Å². The summed E-state index contributed by atoms with van der Waals surface area (Å²) >= 11 is 0. The second-order valence-electron chi connectivity index (χ2n) is 5.75. The number of nitrogens with two attached hydrogens (primary N) is 1. The smallest absolute Gasteiger partial charge is 0.127 e. The number of phenolic OH excluding ortho intramolecular Hbond substituents is 1. The van der Waals surface area contributed by atoms with E-state index in [0.717, 1.165) is 30.9 Å². The first-order valence-corrected chi connectivity index (χ1v) is 7.28. The van der Waals surface area contributed by atoms with Gasteiger partial charge in [0, 0.05) is 30.4 Å². The van der Waals surface area contributed by atoms with Crippen LogP contribution in [0, 0.1) is 0 Å². The lowest BCUT2D eigenvalue weighted by atomic mass is 9.95. The lowest BCUT2D eigenvalue weighted by molar-refractivity contribution is 0.149. The van der Waals surface area contributed by atoms with Crippen LogP contribution in [0.4, 0.5) is 5.69 Å². The second-order valence-corrected chi connectivity index (χ2v) is 5.75. The molecule has 108 valence electrons. The predicted molar refractivity (Wildman–Crippen MR) is 81.3 cm³/mol. The Hall–Kier alpha value is -2.20. The summed E-state index contributed by atoms with van der Waals surface area (Å²) in [4.78, 5) is 2.44. The molecule has 4 heteroatoms. The lowest BCUT2D eigenvalue weighted by Gasteiger charge is -2.33. The van der Waals surface area contributed by atoms with E-state index in [9.17, 15) is 5.11 Å². The van der Waals surface area contributed by atoms with E-state index in [1.165, 1.54) is 16.7 Å². The Balaban J connectivity index is 1.63. The van der Waals surface area contributed by atoms with E-state index >= 15 is 0 Å². The monoisotopic (exact) mass is 282 g/mol. The van der Waals surface area contributed by atoms with Crippen LogP contribution in [0.25, 0.3) is 0 Å². The zero-order valence-corrected chi connectivity index (χ0v) is 11.7. The average molecular weight is 282 g/mol. The molecular formula is C17H18N2O2. The van der Waals surface area contributed by atoms with Gasteiger partial charge in [-0.25, -0.2) is 0 Å². The van der Waals surface area contributed by atoms with Gasteiger partial charge < -0.3 is 15.6 Å². The fourth-order valence-electron chi connectivity index (χ4n) is 3.41. The van der Waals surface area contributed by atoms with E-state index in [1.54, 1.807) is 12.1 Å². The van der Waals surface area contributed by atoms with Gasteiger partial charge in [-0.3, -0.25) is 4.90 Å². The van der Waals surface area contributed by atoms with Crippen LogP contribution in [0.1, 0.15) is 22.7 Å². The maximum atomic E-state index is 9.55. The number of nitrogens with zero attached hydrogens (tertiary/aromatic N) is 1. The minimum absolute atomic E-state index is 0.256. The summed E-state index contributed by atoms with van der Waals surface area (Å²) in [7, 11) is 0. The average Bonchev–Trinajstić information content (AvgIpc) is 2.90. The van der Waals surface area contributed by atoms with Gasteiger partial charge in [-0.05, 0) is 35.7 Å². The molecule has 2 aliphatic rings. The molecule has 0 bridgehead atoms. The van der Waals surface area contributed by atoms with E-state index in [1.807, 2.05) is 18.2 Å². The zero-order chi connectivity index (χ0) is 14.4. The fraction of sp³-hybridized carbons (Fsp3) is 0.294. The number of rotatable bonds is 1. The molecule has 2 aromatic carbocycles. The summed E-state index contributed by atoms with van der Waals surface area (Å²) in [5.74, 6) is 1.06. The Morgan fingerprint density at radius 2 is 2.14 bits per heavy atom. The van der Waals surface area contributed by atoms with Gasteiger partial charge >= 0.3 is 0 Å². The van der Waals surface area contributed by atoms with Crippen LogP contribution >= 0.6 is 0 Å². The molecule has 4 rings (SSSR count). The van der Waals surface area contributed by atoms with Crippen LogP contribution in [0.3, 0.4) is 0 Å². The molecule has 0 saturated carbocycles. The van der Waals surface area contributed by atoms with Gasteiger partial charge in [-0.15, -0.1) is 0 Å². The molecule has 0 aromatic heterocycles. The number of phenols is 1. The van der Waals surface area contributed by atoms with Gasteiger partial charge in [0.2, 0.25) is 0 Å². The topological polar surface area (TPSA) is 58.7 Å². The van der Waals surface area contributed by atoms with Crippen molar-refractivity contribution in [1.82, 2.24) is 4.90 Å². The Labute approximate surface area is 123 Å². The third-order valence-electron chi connectivity index (χ3n) is 4.53. The summed E-state index contributed by atoms with van der Waals surface area (Å²) in [5, 5.41) is 9.55. The van der Waals surface area contributed by atoms with E-state index < -0.39 is 0 Å². The third-order valence-corrected chi connectivity index (χ3v) is 4.53. The van der Waals surface area contributed by atoms with Crippen LogP contribution in [0.15, 0.2) is 36.4 Å². The van der Waals surface area contributed by atoms with Crippen molar-refractivity contribution in [3.05, 3.63) is 53.1 Å². The van der Waals surface area contributed by atoms with Gasteiger partial charge in [0.1, 0.15) is 18.1 Å². The maximum Gasteiger partial charge on any atom is 0.127 e. The first-order valence-electron chi connectivity index (χ1n) is 7.28. The van der Waals surface area contributed by atoms with Gasteiger partial charge in [0.25, 0.3) is 0 Å². The highest BCUT2D eigenvalue weighted by molar-refractivity contribution is 5.52. The molecule has 4 nitrogen and oxygen atoms in total. The fourth-order valence-corrected chi connectivity index (χ4v) is 3.41. The molecule has 2 heterocycles. The van der Waals surface area contributed by atoms with Gasteiger partial charge in [0.05, 0.1) is 6.04 Å². The highest BCUT2D eigenvalue weighted by Crippen LogP contribution is 2.40. The summed E-state index contributed by atoms with van der Waals surface area (Å²) in [6, 6.07) is 11.8. The van der Waals surface area contributed by atoms with E-state index in [4.69, 9.17) is 10.5 Å². The van der Waals surface area contributed by atoms with Crippen molar-refractivity contribution in [2.75, 3.05) is 18.9 Å². The minimum Gasteiger partial charge on any atom is -0.508 e. The van der Waals surface area contributed by atoms with Crippen LogP contribution in [-0.4, -0.2) is 23.2 Å². The predicted octanol–water partition coefficient (Wildman–Crippen LogP) is 2.47. The Morgan fingerprint density at radius 3 is 3.05 bits per heavy atom. The van der Waals surface area contributed by atoms with Crippen molar-refractivity contribution in [3.63, 3.8) is 0 Å². The first kappa shape index (κ1) is 12.5. The number of nitrogen functional groups attached to an aromatic ring is 1. The molecule has 0 radical (unpaired) electrons. The highest BCUT2D eigenvalue weighted by Gasteiger charge is 2.32. The van der Waals surface area contributed by atoms with Crippen molar-refractivity contribution >= 4 is 5.69 Å². The van der Waals surface area contributed by atoms with Gasteiger partial charge in [-0.1, -0.05) is 12.1 Å². The van der Waals surface area contributed by atoms with Gasteiger partial charge in [-0.2, -0.15) is 0 Å². The molecule has 1 unspecified atom stereocenters. The van der Waals surface area contributed by atoms with E-state index in [-0.39, 0.29) is 11.8 Å². The Bertz CT molecular complexity index is 699. The molecule has 2 aromatic rings. The molecule has 0 spiro atoms. The molecule has 0 saturated heterocycles. The zero-order valence-electron chi connectivity index (χ0n) is 11.7. The second kappa shape index (κ2) is 4.67. The number of aromatic hydroxyl groups is 1. The Kier molecular flexibility index (Phi) is 2.79. The number of hydrogen-bond donors (Lipinski definition) is 2. The largest absolute Gasteiger partial charge is 0.508 e. The number of hydrogen-bond acceptors (Lipinski definition) is 4. The quantitative estimate of drug-likeness (QED) is 0.789. The summed E-state index contributed by atoms with van der Waals surface area (Å²) in [6.45, 7) is 2.53. The number of anilines is 1. The number of ether oxygens (including phenoxy) is 1. The van der Waals surface area contributed by atoms with E-state index in [2.05, 4.69) is 11.0 Å². The lowest BCUT2D eigenvalue weighted by Crippen LogP contribution is -2.35. The molecule has 0 fully saturated rings. The molecular weight excluding hydrogens is 264 g/mol. The molecule has 1 atom stereocenters. The summed E-state index contributed by atoms with van der Waals surface area (Å²) < 4.78 is 5.73. The number of fused-ring (bicyclic) bond motifs is 2. The van der Waals surface area contributed by atoms with Crippen molar-refractivity contribution in [2.24, 2.45) is 0 Å². The molecule has 2 aliphatic heterocycles. The van der Waals surface area contributed by atoms with Crippen LogP contribution in [0.2, 0.25) is 0 Å². The van der Waals surface area contributed by atoms with Gasteiger partial charge in [0.15, 0.2) is 0 Å². The van der Waals surface area contributed by atoms with E-state index in [0.29, 0.717) is 6.61 Å². The molecule has 21 heavy (non-hydrogen) atoms. The SMILES string of the molecule is Nc1cccc2c1CCN(C1COc3cc(O)ccc31)C2. The van der Waals surface area contributed by atoms with Crippen LogP contribution < -0.4 is 10.5 Å². The van der Waals surface area contributed by atoms with Crippen molar-refractivity contribution in [2.45, 2.75) is 19.0 Å².